The van der Waals surface area contributed by atoms with E-state index < -0.39 is 0 Å². The minimum atomic E-state index is -0.197. The third kappa shape index (κ3) is 2.76. The zero-order chi connectivity index (χ0) is 15.7. The maximum Gasteiger partial charge on any atom is 0.273 e. The van der Waals surface area contributed by atoms with Gasteiger partial charge in [-0.1, -0.05) is 36.4 Å². The number of hydrogen-bond acceptors (Lipinski definition) is 2. The summed E-state index contributed by atoms with van der Waals surface area (Å²) in [7, 11) is 0. The lowest BCUT2D eigenvalue weighted by molar-refractivity contribution is 0.0934. The number of carbonyl (C=O) groups excluding carboxylic acids is 1. The van der Waals surface area contributed by atoms with Crippen molar-refractivity contribution in [1.82, 2.24) is 15.5 Å². The first-order chi connectivity index (χ1) is 10.6. The molecule has 2 N–H and O–H groups in total. The van der Waals surface area contributed by atoms with E-state index in [0.717, 1.165) is 16.6 Å². The first-order valence-corrected chi connectivity index (χ1v) is 7.85. The van der Waals surface area contributed by atoms with Crippen LogP contribution in [0.4, 0.5) is 0 Å². The van der Waals surface area contributed by atoms with E-state index in [2.05, 4.69) is 55.7 Å². The van der Waals surface area contributed by atoms with Crippen LogP contribution in [0, 0.1) is 6.92 Å². The van der Waals surface area contributed by atoms with Gasteiger partial charge in [0.1, 0.15) is 0 Å². The molecule has 112 valence electrons. The van der Waals surface area contributed by atoms with Crippen LogP contribution in [0.1, 0.15) is 34.7 Å². The topological polar surface area (TPSA) is 57.8 Å². The summed E-state index contributed by atoms with van der Waals surface area (Å²) in [6.07, 6.45) is 0. The molecule has 0 aliphatic carbocycles. The number of rotatable bonds is 3. The zero-order valence-electron chi connectivity index (χ0n) is 12.4. The number of halogens is 1. The Morgan fingerprint density at radius 2 is 1.95 bits per heavy atom. The van der Waals surface area contributed by atoms with E-state index in [-0.39, 0.29) is 11.9 Å². The summed E-state index contributed by atoms with van der Waals surface area (Å²) in [6.45, 7) is 3.83. The Balaban J connectivity index is 1.82. The number of carbonyl (C=O) groups is 1. The fourth-order valence-corrected chi connectivity index (χ4v) is 2.75. The summed E-state index contributed by atoms with van der Waals surface area (Å²) in [4.78, 5) is 12.3. The highest BCUT2D eigenvalue weighted by atomic mass is 79.9. The molecular formula is C17H16BrN3O. The number of H-pyrrole nitrogens is 1. The molecule has 1 unspecified atom stereocenters. The molecule has 1 heterocycles. The normalized spacial score (nSPS) is 12.3. The molecule has 22 heavy (non-hydrogen) atoms. The Bertz CT molecular complexity index is 841. The highest BCUT2D eigenvalue weighted by molar-refractivity contribution is 9.10. The second-order valence-electron chi connectivity index (χ2n) is 5.31. The molecule has 5 heteroatoms. The Morgan fingerprint density at radius 1 is 1.23 bits per heavy atom. The molecule has 1 amide bonds. The van der Waals surface area contributed by atoms with E-state index >= 15 is 0 Å². The van der Waals surface area contributed by atoms with Crippen molar-refractivity contribution in [3.8, 4) is 0 Å². The van der Waals surface area contributed by atoms with Crippen LogP contribution in [-0.2, 0) is 0 Å². The summed E-state index contributed by atoms with van der Waals surface area (Å²) >= 11 is 3.37. The van der Waals surface area contributed by atoms with E-state index in [0.29, 0.717) is 10.2 Å². The van der Waals surface area contributed by atoms with Gasteiger partial charge in [-0.15, -0.1) is 0 Å². The van der Waals surface area contributed by atoms with Crippen LogP contribution in [0.3, 0.4) is 0 Å². The van der Waals surface area contributed by atoms with Crippen molar-refractivity contribution in [2.75, 3.05) is 0 Å². The van der Waals surface area contributed by atoms with Gasteiger partial charge in [0, 0.05) is 5.69 Å². The summed E-state index contributed by atoms with van der Waals surface area (Å²) in [5.41, 5.74) is 2.28. The second kappa shape index (κ2) is 5.93. The molecule has 0 fully saturated rings. The van der Waals surface area contributed by atoms with Gasteiger partial charge < -0.3 is 5.32 Å². The molecule has 1 aromatic heterocycles. The molecule has 0 aliphatic heterocycles. The molecule has 0 saturated carbocycles. The molecule has 4 nitrogen and oxygen atoms in total. The number of aryl methyl sites for hydroxylation is 1. The van der Waals surface area contributed by atoms with Gasteiger partial charge in [0.05, 0.1) is 10.5 Å². The van der Waals surface area contributed by atoms with Gasteiger partial charge in [-0.25, -0.2) is 0 Å². The Hall–Kier alpha value is -2.14. The van der Waals surface area contributed by atoms with E-state index in [1.54, 1.807) is 0 Å². The van der Waals surface area contributed by atoms with Crippen molar-refractivity contribution in [3.63, 3.8) is 0 Å². The molecule has 0 spiro atoms. The fraction of sp³-hybridized carbons (Fsp3) is 0.176. The monoisotopic (exact) mass is 357 g/mol. The largest absolute Gasteiger partial charge is 0.344 e. The molecule has 0 saturated heterocycles. The standard InChI is InChI=1S/C17H16BrN3O/c1-10(19-17(22)16-15(18)11(2)20-21-16)13-8-7-12-5-3-4-6-14(12)9-13/h3-10H,1-2H3,(H,19,22)(H,20,21). The molecule has 1 atom stereocenters. The van der Waals surface area contributed by atoms with Gasteiger partial charge in [-0.3, -0.25) is 9.89 Å². The van der Waals surface area contributed by atoms with Gasteiger partial charge in [0.2, 0.25) is 0 Å². The lowest BCUT2D eigenvalue weighted by atomic mass is 10.0. The minimum Gasteiger partial charge on any atom is -0.344 e. The van der Waals surface area contributed by atoms with E-state index in [4.69, 9.17) is 0 Å². The maximum atomic E-state index is 12.3. The number of aromatic amines is 1. The molecule has 0 aliphatic rings. The summed E-state index contributed by atoms with van der Waals surface area (Å²) in [5, 5.41) is 12.2. The lowest BCUT2D eigenvalue weighted by Crippen LogP contribution is -2.27. The summed E-state index contributed by atoms with van der Waals surface area (Å²) < 4.78 is 0.704. The number of amides is 1. The lowest BCUT2D eigenvalue weighted by Gasteiger charge is -2.14. The van der Waals surface area contributed by atoms with Gasteiger partial charge in [-0.05, 0) is 52.2 Å². The van der Waals surface area contributed by atoms with Crippen molar-refractivity contribution in [2.24, 2.45) is 0 Å². The quantitative estimate of drug-likeness (QED) is 0.740. The second-order valence-corrected chi connectivity index (χ2v) is 6.11. The fourth-order valence-electron chi connectivity index (χ4n) is 2.39. The summed E-state index contributed by atoms with van der Waals surface area (Å²) in [5.74, 6) is -0.197. The smallest absolute Gasteiger partial charge is 0.273 e. The van der Waals surface area contributed by atoms with Crippen LogP contribution in [-0.4, -0.2) is 16.1 Å². The molecular weight excluding hydrogens is 342 g/mol. The van der Waals surface area contributed by atoms with Gasteiger partial charge in [0.15, 0.2) is 5.69 Å². The van der Waals surface area contributed by atoms with E-state index in [9.17, 15) is 4.79 Å². The number of nitrogens with one attached hydrogen (secondary N) is 2. The van der Waals surface area contributed by atoms with Gasteiger partial charge in [0.25, 0.3) is 5.91 Å². The number of benzene rings is 2. The van der Waals surface area contributed by atoms with Crippen LogP contribution in [0.25, 0.3) is 10.8 Å². The predicted molar refractivity (Wildman–Crippen MR) is 90.9 cm³/mol. The third-order valence-electron chi connectivity index (χ3n) is 3.71. The molecule has 0 bridgehead atoms. The Morgan fingerprint density at radius 3 is 2.64 bits per heavy atom. The minimum absolute atomic E-state index is 0.0963. The van der Waals surface area contributed by atoms with Crippen molar-refractivity contribution in [2.45, 2.75) is 19.9 Å². The average Bonchev–Trinajstić information content (AvgIpc) is 2.86. The molecule has 2 aromatic carbocycles. The van der Waals surface area contributed by atoms with Crippen LogP contribution in [0.15, 0.2) is 46.9 Å². The number of nitrogens with zero attached hydrogens (tertiary/aromatic N) is 1. The van der Waals surface area contributed by atoms with Crippen molar-refractivity contribution < 1.29 is 4.79 Å². The van der Waals surface area contributed by atoms with E-state index in [1.165, 1.54) is 5.39 Å². The van der Waals surface area contributed by atoms with Crippen molar-refractivity contribution in [3.05, 3.63) is 63.9 Å². The van der Waals surface area contributed by atoms with Crippen LogP contribution in [0.5, 0.6) is 0 Å². The van der Waals surface area contributed by atoms with Gasteiger partial charge in [-0.2, -0.15) is 5.10 Å². The zero-order valence-corrected chi connectivity index (χ0v) is 13.9. The van der Waals surface area contributed by atoms with Crippen LogP contribution < -0.4 is 5.32 Å². The number of fused-ring (bicyclic) bond motifs is 1. The van der Waals surface area contributed by atoms with Crippen molar-refractivity contribution >= 4 is 32.6 Å². The first-order valence-electron chi connectivity index (χ1n) is 7.06. The summed E-state index contributed by atoms with van der Waals surface area (Å²) in [6, 6.07) is 14.3. The van der Waals surface area contributed by atoms with Crippen LogP contribution >= 0.6 is 15.9 Å². The Labute approximate surface area is 137 Å². The van der Waals surface area contributed by atoms with Gasteiger partial charge >= 0.3 is 0 Å². The highest BCUT2D eigenvalue weighted by Gasteiger charge is 2.18. The SMILES string of the molecule is Cc1[nH]nc(C(=O)NC(C)c2ccc3ccccc3c2)c1Br. The average molecular weight is 358 g/mol. The highest BCUT2D eigenvalue weighted by Crippen LogP contribution is 2.22. The van der Waals surface area contributed by atoms with Crippen LogP contribution in [0.2, 0.25) is 0 Å². The number of hydrogen-bond donors (Lipinski definition) is 2. The van der Waals surface area contributed by atoms with E-state index in [1.807, 2.05) is 32.0 Å². The molecule has 3 aromatic rings. The maximum absolute atomic E-state index is 12.3. The molecule has 3 rings (SSSR count). The number of aromatic nitrogens is 2. The third-order valence-corrected chi connectivity index (χ3v) is 4.68. The Kier molecular flexibility index (Phi) is 3.98. The van der Waals surface area contributed by atoms with Crippen molar-refractivity contribution in [1.29, 1.82) is 0 Å². The first kappa shape index (κ1) is 14.8. The molecule has 0 radical (unpaired) electrons. The predicted octanol–water partition coefficient (Wildman–Crippen LogP) is 4.12.